The zero-order valence-electron chi connectivity index (χ0n) is 19.1. The van der Waals surface area contributed by atoms with Gasteiger partial charge in [0.2, 0.25) is 0 Å². The minimum Gasteiger partial charge on any atom is -0.481 e. The summed E-state index contributed by atoms with van der Waals surface area (Å²) in [6, 6.07) is 0. The summed E-state index contributed by atoms with van der Waals surface area (Å²) in [5.74, 6) is -3.66. The maximum atomic E-state index is 10.8. The van der Waals surface area contributed by atoms with Gasteiger partial charge in [0.15, 0.2) is 5.92 Å². The molecule has 0 radical (unpaired) electrons. The van der Waals surface area contributed by atoms with Crippen molar-refractivity contribution in [1.29, 1.82) is 0 Å². The van der Waals surface area contributed by atoms with Crippen LogP contribution in [-0.2, 0) is 9.59 Å². The third kappa shape index (κ3) is 20.0. The number of hydrogen-bond donors (Lipinski definition) is 2. The van der Waals surface area contributed by atoms with Gasteiger partial charge in [-0.1, -0.05) is 135 Å². The Kier molecular flexibility index (Phi) is 20.9. The zero-order valence-corrected chi connectivity index (χ0v) is 19.1. The number of carboxylic acids is 2. The van der Waals surface area contributed by atoms with Gasteiger partial charge in [-0.05, 0) is 6.42 Å². The second-order valence-electron chi connectivity index (χ2n) is 8.74. The molecule has 0 spiro atoms. The molecular weight excluding hydrogens is 364 g/mol. The lowest BCUT2D eigenvalue weighted by Crippen LogP contribution is -2.23. The SMILES string of the molecule is CCCCCCCCCCCCCCCCCCCCCCC(C(=O)O)C(=O)O. The van der Waals surface area contributed by atoms with Crippen molar-refractivity contribution >= 4 is 11.9 Å². The number of aliphatic carboxylic acids is 2. The monoisotopic (exact) mass is 412 g/mol. The highest BCUT2D eigenvalue weighted by molar-refractivity contribution is 5.92. The van der Waals surface area contributed by atoms with E-state index < -0.39 is 17.9 Å². The van der Waals surface area contributed by atoms with E-state index in [0.717, 1.165) is 12.8 Å². The molecule has 0 aliphatic heterocycles. The smallest absolute Gasteiger partial charge is 0.317 e. The van der Waals surface area contributed by atoms with Crippen LogP contribution in [0, 0.1) is 5.92 Å². The van der Waals surface area contributed by atoms with Gasteiger partial charge in [0.25, 0.3) is 0 Å². The Hall–Kier alpha value is -1.06. The standard InChI is InChI=1S/C25H48O4/c1-2-3-4-5-6-7-8-9-10-11-12-13-14-15-16-17-18-19-20-21-22-23(24(26)27)25(28)29/h23H,2-22H2,1H3,(H,26,27)(H,28,29). The maximum absolute atomic E-state index is 10.8. The largest absolute Gasteiger partial charge is 0.481 e. The maximum Gasteiger partial charge on any atom is 0.317 e. The Balaban J connectivity index is 3.17. The van der Waals surface area contributed by atoms with E-state index >= 15 is 0 Å². The fourth-order valence-corrected chi connectivity index (χ4v) is 3.96. The summed E-state index contributed by atoms with van der Waals surface area (Å²) in [5, 5.41) is 17.6. The molecule has 0 heterocycles. The van der Waals surface area contributed by atoms with Crippen LogP contribution < -0.4 is 0 Å². The van der Waals surface area contributed by atoms with Gasteiger partial charge >= 0.3 is 11.9 Å². The highest BCUT2D eigenvalue weighted by atomic mass is 16.4. The molecule has 0 aromatic carbocycles. The average Bonchev–Trinajstić information content (AvgIpc) is 2.68. The topological polar surface area (TPSA) is 74.6 Å². The zero-order chi connectivity index (χ0) is 21.6. The van der Waals surface area contributed by atoms with E-state index in [9.17, 15) is 9.59 Å². The molecule has 4 nitrogen and oxygen atoms in total. The first-order valence-electron chi connectivity index (χ1n) is 12.5. The third-order valence-corrected chi connectivity index (χ3v) is 5.94. The molecule has 0 atom stereocenters. The van der Waals surface area contributed by atoms with E-state index in [1.165, 1.54) is 109 Å². The minimum absolute atomic E-state index is 0.254. The van der Waals surface area contributed by atoms with Crippen molar-refractivity contribution in [2.45, 2.75) is 142 Å². The van der Waals surface area contributed by atoms with Crippen molar-refractivity contribution in [3.8, 4) is 0 Å². The molecule has 0 saturated heterocycles. The van der Waals surface area contributed by atoms with Crippen molar-refractivity contribution in [2.75, 3.05) is 0 Å². The van der Waals surface area contributed by atoms with Crippen LogP contribution in [0.5, 0.6) is 0 Å². The molecule has 0 saturated carbocycles. The summed E-state index contributed by atoms with van der Waals surface area (Å²) in [6.07, 6.45) is 26.3. The fraction of sp³-hybridized carbons (Fsp3) is 0.920. The van der Waals surface area contributed by atoms with E-state index in [2.05, 4.69) is 6.92 Å². The van der Waals surface area contributed by atoms with Gasteiger partial charge in [0.1, 0.15) is 0 Å². The summed E-state index contributed by atoms with van der Waals surface area (Å²) in [4.78, 5) is 21.6. The molecule has 0 aliphatic rings. The molecule has 0 aliphatic carbocycles. The Bertz CT molecular complexity index is 367. The van der Waals surface area contributed by atoms with Crippen molar-refractivity contribution in [2.24, 2.45) is 5.92 Å². The van der Waals surface area contributed by atoms with Gasteiger partial charge in [0.05, 0.1) is 0 Å². The number of hydrogen-bond acceptors (Lipinski definition) is 2. The quantitative estimate of drug-likeness (QED) is 0.132. The highest BCUT2D eigenvalue weighted by Gasteiger charge is 2.24. The molecule has 172 valence electrons. The molecule has 0 rings (SSSR count). The summed E-state index contributed by atoms with van der Waals surface area (Å²) in [5.41, 5.74) is 0. The van der Waals surface area contributed by atoms with Gasteiger partial charge in [0, 0.05) is 0 Å². The summed E-state index contributed by atoms with van der Waals surface area (Å²) in [6.45, 7) is 2.27. The van der Waals surface area contributed by atoms with Crippen LogP contribution in [-0.4, -0.2) is 22.2 Å². The van der Waals surface area contributed by atoms with Crippen molar-refractivity contribution in [3.63, 3.8) is 0 Å². The van der Waals surface area contributed by atoms with E-state index in [1.54, 1.807) is 0 Å². The van der Waals surface area contributed by atoms with E-state index in [0.29, 0.717) is 6.42 Å². The summed E-state index contributed by atoms with van der Waals surface area (Å²) in [7, 11) is 0. The first-order valence-corrected chi connectivity index (χ1v) is 12.5. The van der Waals surface area contributed by atoms with Crippen LogP contribution in [0.1, 0.15) is 142 Å². The van der Waals surface area contributed by atoms with Crippen molar-refractivity contribution in [3.05, 3.63) is 0 Å². The number of carbonyl (C=O) groups is 2. The Labute approximate surface area is 179 Å². The number of unbranched alkanes of at least 4 members (excludes halogenated alkanes) is 19. The summed E-state index contributed by atoms with van der Waals surface area (Å²) >= 11 is 0. The molecule has 0 bridgehead atoms. The second-order valence-corrected chi connectivity index (χ2v) is 8.74. The highest BCUT2D eigenvalue weighted by Crippen LogP contribution is 2.16. The average molecular weight is 413 g/mol. The first-order chi connectivity index (χ1) is 14.1. The van der Waals surface area contributed by atoms with Crippen LogP contribution >= 0.6 is 0 Å². The van der Waals surface area contributed by atoms with Crippen molar-refractivity contribution < 1.29 is 19.8 Å². The molecule has 0 amide bonds. The van der Waals surface area contributed by atoms with Gasteiger partial charge in [-0.15, -0.1) is 0 Å². The molecule has 0 unspecified atom stereocenters. The lowest BCUT2D eigenvalue weighted by atomic mass is 10.00. The fourth-order valence-electron chi connectivity index (χ4n) is 3.96. The normalized spacial score (nSPS) is 11.2. The summed E-state index contributed by atoms with van der Waals surface area (Å²) < 4.78 is 0. The van der Waals surface area contributed by atoms with Gasteiger partial charge in [-0.2, -0.15) is 0 Å². The predicted octanol–water partition coefficient (Wildman–Crippen LogP) is 7.98. The Morgan fingerprint density at radius 3 is 0.966 bits per heavy atom. The predicted molar refractivity (Wildman–Crippen MR) is 121 cm³/mol. The van der Waals surface area contributed by atoms with Crippen LogP contribution in [0.2, 0.25) is 0 Å². The molecule has 2 N–H and O–H groups in total. The van der Waals surface area contributed by atoms with Crippen LogP contribution in [0.25, 0.3) is 0 Å². The second kappa shape index (κ2) is 21.6. The lowest BCUT2D eigenvalue weighted by Gasteiger charge is -2.07. The van der Waals surface area contributed by atoms with Crippen molar-refractivity contribution in [1.82, 2.24) is 0 Å². The van der Waals surface area contributed by atoms with Crippen LogP contribution in [0.4, 0.5) is 0 Å². The van der Waals surface area contributed by atoms with E-state index in [4.69, 9.17) is 10.2 Å². The molecule has 0 aromatic heterocycles. The Morgan fingerprint density at radius 2 is 0.724 bits per heavy atom. The molecular formula is C25H48O4. The number of rotatable bonds is 23. The molecule has 29 heavy (non-hydrogen) atoms. The first kappa shape index (κ1) is 27.9. The minimum atomic E-state index is -1.23. The van der Waals surface area contributed by atoms with Gasteiger partial charge in [-0.25, -0.2) is 0 Å². The van der Waals surface area contributed by atoms with Gasteiger partial charge < -0.3 is 10.2 Å². The van der Waals surface area contributed by atoms with E-state index in [-0.39, 0.29) is 6.42 Å². The Morgan fingerprint density at radius 1 is 0.483 bits per heavy atom. The number of carboxylic acid groups (broad SMARTS) is 2. The lowest BCUT2D eigenvalue weighted by molar-refractivity contribution is -0.154. The van der Waals surface area contributed by atoms with Crippen LogP contribution in [0.3, 0.4) is 0 Å². The van der Waals surface area contributed by atoms with E-state index in [1.807, 2.05) is 0 Å². The molecule has 0 fully saturated rings. The molecule has 0 aromatic rings. The van der Waals surface area contributed by atoms with Crippen LogP contribution in [0.15, 0.2) is 0 Å². The van der Waals surface area contributed by atoms with Gasteiger partial charge in [-0.3, -0.25) is 9.59 Å². The molecule has 4 heteroatoms. The third-order valence-electron chi connectivity index (χ3n) is 5.94.